The predicted octanol–water partition coefficient (Wildman–Crippen LogP) is 1.65. The quantitative estimate of drug-likeness (QED) is 0.826. The Labute approximate surface area is 91.3 Å². The molecular weight excluding hydrogens is 218 g/mol. The molecule has 0 saturated carbocycles. The van der Waals surface area contributed by atoms with Crippen molar-refractivity contribution in [2.75, 3.05) is 0 Å². The van der Waals surface area contributed by atoms with Crippen LogP contribution in [0.4, 0.5) is 8.78 Å². The van der Waals surface area contributed by atoms with Crippen LogP contribution in [-0.4, -0.2) is 22.3 Å². The topological polar surface area (TPSA) is 57.5 Å². The van der Waals surface area contributed by atoms with Crippen molar-refractivity contribution < 1.29 is 23.8 Å². The molecule has 0 fully saturated rings. The second kappa shape index (κ2) is 5.03. The van der Waals surface area contributed by atoms with E-state index < -0.39 is 30.1 Å². The first-order valence-electron chi connectivity index (χ1n) is 4.74. The molecule has 88 valence electrons. The van der Waals surface area contributed by atoms with Gasteiger partial charge in [-0.2, -0.15) is 0 Å². The lowest BCUT2D eigenvalue weighted by molar-refractivity contribution is -0.139. The van der Waals surface area contributed by atoms with Crippen molar-refractivity contribution in [2.45, 2.75) is 25.9 Å². The van der Waals surface area contributed by atoms with Crippen molar-refractivity contribution in [3.8, 4) is 0 Å². The molecule has 5 heteroatoms. The van der Waals surface area contributed by atoms with E-state index in [1.54, 1.807) is 0 Å². The Morgan fingerprint density at radius 3 is 2.56 bits per heavy atom. The molecule has 0 aliphatic carbocycles. The van der Waals surface area contributed by atoms with E-state index in [0.717, 1.165) is 12.1 Å². The maximum Gasteiger partial charge on any atom is 0.305 e. The average molecular weight is 230 g/mol. The van der Waals surface area contributed by atoms with Gasteiger partial charge in [0.1, 0.15) is 11.6 Å². The average Bonchev–Trinajstić information content (AvgIpc) is 2.12. The number of carbonyl (C=O) groups is 1. The molecule has 1 atom stereocenters. The summed E-state index contributed by atoms with van der Waals surface area (Å²) in [7, 11) is 0. The minimum Gasteiger partial charge on any atom is -0.481 e. The van der Waals surface area contributed by atoms with Crippen molar-refractivity contribution in [3.05, 3.63) is 34.9 Å². The highest BCUT2D eigenvalue weighted by molar-refractivity contribution is 5.67. The van der Waals surface area contributed by atoms with Crippen molar-refractivity contribution in [1.29, 1.82) is 0 Å². The van der Waals surface area contributed by atoms with Crippen LogP contribution in [-0.2, 0) is 11.2 Å². The first-order valence-corrected chi connectivity index (χ1v) is 4.74. The van der Waals surface area contributed by atoms with Crippen LogP contribution in [0.3, 0.4) is 0 Å². The van der Waals surface area contributed by atoms with Crippen LogP contribution >= 0.6 is 0 Å². The summed E-state index contributed by atoms with van der Waals surface area (Å²) < 4.78 is 26.4. The second-order valence-electron chi connectivity index (χ2n) is 3.65. The number of carboxylic acid groups (broad SMARTS) is 1. The monoisotopic (exact) mass is 230 g/mol. The Balaban J connectivity index is 2.81. The van der Waals surface area contributed by atoms with E-state index in [0.29, 0.717) is 0 Å². The number of carboxylic acids is 1. The summed E-state index contributed by atoms with van der Waals surface area (Å²) in [6.07, 6.45) is -1.92. The number of hydrogen-bond donors (Lipinski definition) is 2. The van der Waals surface area contributed by atoms with Gasteiger partial charge in [0, 0.05) is 6.42 Å². The van der Waals surface area contributed by atoms with Gasteiger partial charge in [0.2, 0.25) is 0 Å². The van der Waals surface area contributed by atoms with Crippen molar-refractivity contribution >= 4 is 5.97 Å². The number of aliphatic carboxylic acids is 1. The highest BCUT2D eigenvalue weighted by atomic mass is 19.1. The van der Waals surface area contributed by atoms with Gasteiger partial charge >= 0.3 is 5.97 Å². The fraction of sp³-hybridized carbons (Fsp3) is 0.364. The zero-order valence-electron chi connectivity index (χ0n) is 8.70. The third-order valence-corrected chi connectivity index (χ3v) is 2.19. The Hall–Kier alpha value is -1.49. The van der Waals surface area contributed by atoms with Gasteiger partial charge in [-0.1, -0.05) is 0 Å². The zero-order chi connectivity index (χ0) is 12.3. The number of hydrogen-bond acceptors (Lipinski definition) is 2. The maximum atomic E-state index is 13.3. The van der Waals surface area contributed by atoms with Crippen LogP contribution in [0.5, 0.6) is 0 Å². The van der Waals surface area contributed by atoms with Gasteiger partial charge in [-0.05, 0) is 30.2 Å². The number of aliphatic hydroxyl groups is 1. The predicted molar refractivity (Wildman–Crippen MR) is 53.1 cm³/mol. The zero-order valence-corrected chi connectivity index (χ0v) is 8.70. The molecule has 1 rings (SSSR count). The summed E-state index contributed by atoms with van der Waals surface area (Å²) in [5, 5.41) is 17.7. The van der Waals surface area contributed by atoms with Crippen LogP contribution in [0, 0.1) is 18.6 Å². The molecule has 16 heavy (non-hydrogen) atoms. The molecule has 0 aliphatic rings. The molecule has 0 heterocycles. The Morgan fingerprint density at radius 2 is 2.00 bits per heavy atom. The number of rotatable bonds is 4. The van der Waals surface area contributed by atoms with Gasteiger partial charge in [0.15, 0.2) is 0 Å². The van der Waals surface area contributed by atoms with Gasteiger partial charge in [-0.3, -0.25) is 4.79 Å². The van der Waals surface area contributed by atoms with E-state index in [1.807, 2.05) is 0 Å². The molecule has 0 aromatic heterocycles. The Bertz CT molecular complexity index is 404. The molecule has 0 spiro atoms. The Morgan fingerprint density at radius 1 is 1.38 bits per heavy atom. The fourth-order valence-corrected chi connectivity index (χ4v) is 1.37. The first kappa shape index (κ1) is 12.6. The first-order chi connectivity index (χ1) is 7.40. The lowest BCUT2D eigenvalue weighted by atomic mass is 10.0. The summed E-state index contributed by atoms with van der Waals surface area (Å²) in [6.45, 7) is 1.43. The van der Waals surface area contributed by atoms with E-state index in [1.165, 1.54) is 6.92 Å². The van der Waals surface area contributed by atoms with Crippen LogP contribution in [0.1, 0.15) is 17.5 Å². The van der Waals surface area contributed by atoms with Crippen molar-refractivity contribution in [1.82, 2.24) is 0 Å². The SMILES string of the molecule is Cc1cc(F)c(CC(O)CC(=O)O)cc1F. The molecule has 0 amide bonds. The normalized spacial score (nSPS) is 12.5. The molecule has 0 radical (unpaired) electrons. The molecular formula is C11H12F2O3. The maximum absolute atomic E-state index is 13.3. The van der Waals surface area contributed by atoms with Crippen LogP contribution in [0.2, 0.25) is 0 Å². The smallest absolute Gasteiger partial charge is 0.305 e. The lowest BCUT2D eigenvalue weighted by Crippen LogP contribution is -2.16. The molecule has 1 unspecified atom stereocenters. The minimum absolute atomic E-state index is 0.0168. The molecule has 3 nitrogen and oxygen atoms in total. The number of aryl methyl sites for hydroxylation is 1. The van der Waals surface area contributed by atoms with E-state index in [4.69, 9.17) is 5.11 Å². The molecule has 1 aromatic carbocycles. The minimum atomic E-state index is -1.21. The number of aliphatic hydroxyl groups excluding tert-OH is 1. The number of benzene rings is 1. The third-order valence-electron chi connectivity index (χ3n) is 2.19. The van der Waals surface area contributed by atoms with E-state index >= 15 is 0 Å². The van der Waals surface area contributed by atoms with Gasteiger partial charge in [-0.15, -0.1) is 0 Å². The van der Waals surface area contributed by atoms with Gasteiger partial charge in [0.25, 0.3) is 0 Å². The number of halogens is 2. The summed E-state index contributed by atoms with van der Waals surface area (Å²) in [6, 6.07) is 2.01. The molecule has 2 N–H and O–H groups in total. The van der Waals surface area contributed by atoms with Crippen molar-refractivity contribution in [3.63, 3.8) is 0 Å². The molecule has 0 bridgehead atoms. The van der Waals surface area contributed by atoms with Gasteiger partial charge in [-0.25, -0.2) is 8.78 Å². The highest BCUT2D eigenvalue weighted by Crippen LogP contribution is 2.16. The third kappa shape index (κ3) is 3.27. The van der Waals surface area contributed by atoms with E-state index in [2.05, 4.69) is 0 Å². The summed E-state index contributed by atoms with van der Waals surface area (Å²) in [4.78, 5) is 10.3. The standard InChI is InChI=1S/C11H12F2O3/c1-6-2-10(13)7(4-9(6)12)3-8(14)5-11(15)16/h2,4,8,14H,3,5H2,1H3,(H,15,16). The summed E-state index contributed by atoms with van der Waals surface area (Å²) in [5.74, 6) is -2.39. The summed E-state index contributed by atoms with van der Waals surface area (Å²) >= 11 is 0. The lowest BCUT2D eigenvalue weighted by Gasteiger charge is -2.09. The molecule has 0 aliphatic heterocycles. The van der Waals surface area contributed by atoms with E-state index in [-0.39, 0.29) is 17.5 Å². The second-order valence-corrected chi connectivity index (χ2v) is 3.65. The summed E-state index contributed by atoms with van der Waals surface area (Å²) in [5.41, 5.74) is 0.158. The van der Waals surface area contributed by atoms with Gasteiger partial charge < -0.3 is 10.2 Å². The fourth-order valence-electron chi connectivity index (χ4n) is 1.37. The van der Waals surface area contributed by atoms with Crippen molar-refractivity contribution in [2.24, 2.45) is 0 Å². The largest absolute Gasteiger partial charge is 0.481 e. The molecule has 1 aromatic rings. The van der Waals surface area contributed by atoms with Gasteiger partial charge in [0.05, 0.1) is 12.5 Å². The Kier molecular flexibility index (Phi) is 3.95. The van der Waals surface area contributed by atoms with Crippen LogP contribution in [0.15, 0.2) is 12.1 Å². The van der Waals surface area contributed by atoms with Crippen LogP contribution < -0.4 is 0 Å². The van der Waals surface area contributed by atoms with E-state index in [9.17, 15) is 18.7 Å². The van der Waals surface area contributed by atoms with Crippen LogP contribution in [0.25, 0.3) is 0 Å². The molecule has 0 saturated heterocycles. The highest BCUT2D eigenvalue weighted by Gasteiger charge is 2.14.